The Labute approximate surface area is 101 Å². The second kappa shape index (κ2) is 6.85. The molecule has 0 amide bonds. The van der Waals surface area contributed by atoms with Crippen molar-refractivity contribution in [1.82, 2.24) is 9.88 Å². The van der Waals surface area contributed by atoms with Crippen LogP contribution in [-0.4, -0.2) is 47.2 Å². The number of likely N-dealkylation sites (N-methyl/N-ethyl adjacent to an activating group) is 1. The van der Waals surface area contributed by atoms with Gasteiger partial charge in [-0.1, -0.05) is 13.8 Å². The number of aromatic carboxylic acids is 1. The number of rotatable bonds is 7. The van der Waals surface area contributed by atoms with Crippen molar-refractivity contribution in [3.05, 3.63) is 24.0 Å². The maximum atomic E-state index is 10.9. The lowest BCUT2D eigenvalue weighted by Gasteiger charge is -2.18. The molecule has 0 bridgehead atoms. The van der Waals surface area contributed by atoms with Crippen molar-refractivity contribution in [3.8, 4) is 5.75 Å². The molecule has 0 aliphatic heterocycles. The van der Waals surface area contributed by atoms with Crippen molar-refractivity contribution >= 4 is 5.97 Å². The Kier molecular flexibility index (Phi) is 5.42. The number of hydrogen-bond donors (Lipinski definition) is 1. The summed E-state index contributed by atoms with van der Waals surface area (Å²) in [5.41, 5.74) is 0.152. The summed E-state index contributed by atoms with van der Waals surface area (Å²) in [5, 5.41) is 8.95. The van der Waals surface area contributed by atoms with Gasteiger partial charge < -0.3 is 14.7 Å². The lowest BCUT2D eigenvalue weighted by atomic mass is 10.2. The smallest absolute Gasteiger partial charge is 0.339 e. The summed E-state index contributed by atoms with van der Waals surface area (Å²) in [6.07, 6.45) is 2.88. The van der Waals surface area contributed by atoms with Crippen LogP contribution in [0.1, 0.15) is 24.2 Å². The molecule has 0 radical (unpaired) electrons. The molecule has 0 aromatic carbocycles. The molecule has 1 aromatic rings. The monoisotopic (exact) mass is 238 g/mol. The van der Waals surface area contributed by atoms with Crippen molar-refractivity contribution < 1.29 is 14.6 Å². The van der Waals surface area contributed by atoms with Gasteiger partial charge in [-0.15, -0.1) is 0 Å². The Bertz CT molecular complexity index is 365. The maximum Gasteiger partial charge on any atom is 0.339 e. The van der Waals surface area contributed by atoms with Crippen molar-refractivity contribution in [1.29, 1.82) is 0 Å². The highest BCUT2D eigenvalue weighted by Crippen LogP contribution is 2.15. The topological polar surface area (TPSA) is 62.7 Å². The van der Waals surface area contributed by atoms with Gasteiger partial charge in [-0.3, -0.25) is 4.98 Å². The van der Waals surface area contributed by atoms with E-state index in [4.69, 9.17) is 9.84 Å². The highest BCUT2D eigenvalue weighted by atomic mass is 16.5. The SMILES string of the molecule is CCN(CC)CCOc1cnccc1C(=O)O. The number of nitrogens with zero attached hydrogens (tertiary/aromatic N) is 2. The average molecular weight is 238 g/mol. The van der Waals surface area contributed by atoms with E-state index in [0.717, 1.165) is 19.6 Å². The van der Waals surface area contributed by atoms with Gasteiger partial charge in [0.15, 0.2) is 5.75 Å². The van der Waals surface area contributed by atoms with E-state index in [2.05, 4.69) is 23.7 Å². The van der Waals surface area contributed by atoms with Crippen LogP contribution in [0.5, 0.6) is 5.75 Å². The summed E-state index contributed by atoms with van der Waals surface area (Å²) in [6, 6.07) is 1.44. The van der Waals surface area contributed by atoms with Crippen molar-refractivity contribution in [2.45, 2.75) is 13.8 Å². The normalized spacial score (nSPS) is 10.5. The van der Waals surface area contributed by atoms with Gasteiger partial charge in [-0.05, 0) is 19.2 Å². The minimum atomic E-state index is -0.995. The van der Waals surface area contributed by atoms with Gasteiger partial charge >= 0.3 is 5.97 Å². The summed E-state index contributed by atoms with van der Waals surface area (Å²) in [5.74, 6) is -0.669. The Morgan fingerprint density at radius 1 is 1.47 bits per heavy atom. The molecule has 94 valence electrons. The summed E-state index contributed by atoms with van der Waals surface area (Å²) in [4.78, 5) is 17.0. The number of carboxylic acid groups (broad SMARTS) is 1. The lowest BCUT2D eigenvalue weighted by molar-refractivity contribution is 0.0691. The van der Waals surface area contributed by atoms with Gasteiger partial charge in [0, 0.05) is 12.7 Å². The second-order valence-electron chi connectivity index (χ2n) is 3.55. The molecular weight excluding hydrogens is 220 g/mol. The maximum absolute atomic E-state index is 10.9. The van der Waals surface area contributed by atoms with E-state index in [-0.39, 0.29) is 5.56 Å². The molecule has 1 rings (SSSR count). The third kappa shape index (κ3) is 4.03. The zero-order valence-electron chi connectivity index (χ0n) is 10.2. The van der Waals surface area contributed by atoms with Crippen LogP contribution in [0.3, 0.4) is 0 Å². The molecule has 1 heterocycles. The van der Waals surface area contributed by atoms with Crippen molar-refractivity contribution in [2.24, 2.45) is 0 Å². The fourth-order valence-electron chi connectivity index (χ4n) is 1.50. The zero-order valence-corrected chi connectivity index (χ0v) is 10.2. The molecule has 5 nitrogen and oxygen atoms in total. The molecule has 5 heteroatoms. The first kappa shape index (κ1) is 13.4. The predicted molar refractivity (Wildman–Crippen MR) is 64.5 cm³/mol. The first-order valence-electron chi connectivity index (χ1n) is 5.71. The van der Waals surface area contributed by atoms with Crippen LogP contribution >= 0.6 is 0 Å². The second-order valence-corrected chi connectivity index (χ2v) is 3.55. The summed E-state index contributed by atoms with van der Waals surface area (Å²) in [6.45, 7) is 7.32. The first-order valence-corrected chi connectivity index (χ1v) is 5.71. The van der Waals surface area contributed by atoms with Gasteiger partial charge in [0.1, 0.15) is 12.2 Å². The van der Waals surface area contributed by atoms with Gasteiger partial charge in [-0.25, -0.2) is 4.79 Å². The van der Waals surface area contributed by atoms with E-state index >= 15 is 0 Å². The molecule has 17 heavy (non-hydrogen) atoms. The zero-order chi connectivity index (χ0) is 12.7. The van der Waals surface area contributed by atoms with E-state index in [0.29, 0.717) is 12.4 Å². The minimum Gasteiger partial charge on any atom is -0.490 e. The van der Waals surface area contributed by atoms with E-state index in [1.807, 2.05) is 0 Å². The van der Waals surface area contributed by atoms with Crippen LogP contribution < -0.4 is 4.74 Å². The molecule has 0 fully saturated rings. The van der Waals surface area contributed by atoms with Crippen LogP contribution in [-0.2, 0) is 0 Å². The van der Waals surface area contributed by atoms with E-state index < -0.39 is 5.97 Å². The van der Waals surface area contributed by atoms with Crippen LogP contribution in [0.15, 0.2) is 18.5 Å². The van der Waals surface area contributed by atoms with Gasteiger partial charge in [-0.2, -0.15) is 0 Å². The van der Waals surface area contributed by atoms with Gasteiger partial charge in [0.2, 0.25) is 0 Å². The Morgan fingerprint density at radius 2 is 2.18 bits per heavy atom. The minimum absolute atomic E-state index is 0.152. The van der Waals surface area contributed by atoms with Crippen molar-refractivity contribution in [2.75, 3.05) is 26.2 Å². The van der Waals surface area contributed by atoms with E-state index in [9.17, 15) is 4.79 Å². The quantitative estimate of drug-likeness (QED) is 0.780. The fourth-order valence-corrected chi connectivity index (χ4v) is 1.50. The molecule has 0 spiro atoms. The highest BCUT2D eigenvalue weighted by molar-refractivity contribution is 5.90. The number of carboxylic acids is 1. The van der Waals surface area contributed by atoms with Crippen molar-refractivity contribution in [3.63, 3.8) is 0 Å². The molecule has 1 N–H and O–H groups in total. The standard InChI is InChI=1S/C12H18N2O3/c1-3-14(4-2)7-8-17-11-9-13-6-5-10(11)12(15)16/h5-6,9H,3-4,7-8H2,1-2H3,(H,15,16). The number of carbonyl (C=O) groups is 1. The fraction of sp³-hybridized carbons (Fsp3) is 0.500. The summed E-state index contributed by atoms with van der Waals surface area (Å²) in [7, 11) is 0. The van der Waals surface area contributed by atoms with E-state index in [1.54, 1.807) is 0 Å². The molecule has 0 atom stereocenters. The number of pyridine rings is 1. The van der Waals surface area contributed by atoms with Crippen LogP contribution in [0.2, 0.25) is 0 Å². The predicted octanol–water partition coefficient (Wildman–Crippen LogP) is 1.50. The number of hydrogen-bond acceptors (Lipinski definition) is 4. The average Bonchev–Trinajstić information content (AvgIpc) is 2.35. The largest absolute Gasteiger partial charge is 0.490 e. The Hall–Kier alpha value is -1.62. The number of aromatic nitrogens is 1. The third-order valence-corrected chi connectivity index (χ3v) is 2.57. The molecule has 0 saturated carbocycles. The molecule has 0 aliphatic carbocycles. The molecular formula is C12H18N2O3. The highest BCUT2D eigenvalue weighted by Gasteiger charge is 2.10. The molecule has 0 aliphatic rings. The van der Waals surface area contributed by atoms with Crippen LogP contribution in [0, 0.1) is 0 Å². The molecule has 0 saturated heterocycles. The first-order chi connectivity index (χ1) is 8.19. The Balaban J connectivity index is 2.54. The van der Waals surface area contributed by atoms with Crippen LogP contribution in [0.25, 0.3) is 0 Å². The summed E-state index contributed by atoms with van der Waals surface area (Å²) >= 11 is 0. The van der Waals surface area contributed by atoms with Crippen LogP contribution in [0.4, 0.5) is 0 Å². The Morgan fingerprint density at radius 3 is 2.76 bits per heavy atom. The van der Waals surface area contributed by atoms with Gasteiger partial charge in [0.05, 0.1) is 6.20 Å². The van der Waals surface area contributed by atoms with Gasteiger partial charge in [0.25, 0.3) is 0 Å². The molecule has 1 aromatic heterocycles. The van der Waals surface area contributed by atoms with E-state index in [1.165, 1.54) is 18.5 Å². The third-order valence-electron chi connectivity index (χ3n) is 2.57. The lowest BCUT2D eigenvalue weighted by Crippen LogP contribution is -2.28. The summed E-state index contributed by atoms with van der Waals surface area (Å²) < 4.78 is 5.45. The number of ether oxygens (including phenoxy) is 1. The molecule has 0 unspecified atom stereocenters.